The Morgan fingerprint density at radius 2 is 1.66 bits per heavy atom. The van der Waals surface area contributed by atoms with Crippen LogP contribution in [0, 0.1) is 6.92 Å². The van der Waals surface area contributed by atoms with E-state index in [2.05, 4.69) is 5.32 Å². The molecular weight excluding hydrogens is 519 g/mol. The molecule has 38 heavy (non-hydrogen) atoms. The van der Waals surface area contributed by atoms with Gasteiger partial charge in [0.05, 0.1) is 17.5 Å². The van der Waals surface area contributed by atoms with Gasteiger partial charge in [0, 0.05) is 25.0 Å². The third-order valence-electron chi connectivity index (χ3n) is 5.71. The normalized spacial score (nSPS) is 13.1. The fourth-order valence-corrected chi connectivity index (χ4v) is 4.86. The number of benzene rings is 2. The van der Waals surface area contributed by atoms with Crippen molar-refractivity contribution >= 4 is 27.5 Å². The van der Waals surface area contributed by atoms with Crippen LogP contribution in [-0.2, 0) is 32.3 Å². The lowest BCUT2D eigenvalue weighted by atomic mass is 10.1. The predicted octanol–water partition coefficient (Wildman–Crippen LogP) is 4.89. The number of amides is 2. The highest BCUT2D eigenvalue weighted by molar-refractivity contribution is 7.92. The summed E-state index contributed by atoms with van der Waals surface area (Å²) in [5, 5.41) is 2.87. The molecule has 2 aromatic rings. The van der Waals surface area contributed by atoms with Gasteiger partial charge in [0.2, 0.25) is 21.8 Å². The molecule has 0 heterocycles. The number of nitrogens with one attached hydrogen (secondary N) is 1. The maximum atomic E-state index is 13.3. The zero-order chi connectivity index (χ0) is 28.9. The fourth-order valence-electron chi connectivity index (χ4n) is 3.91. The molecule has 1 atom stereocenters. The van der Waals surface area contributed by atoms with E-state index in [9.17, 15) is 31.2 Å². The van der Waals surface area contributed by atoms with Gasteiger partial charge < -0.3 is 10.2 Å². The van der Waals surface area contributed by atoms with E-state index in [-0.39, 0.29) is 43.4 Å². The number of halogens is 3. The molecule has 210 valence electrons. The number of anilines is 1. The van der Waals surface area contributed by atoms with Crippen LogP contribution >= 0.6 is 0 Å². The minimum absolute atomic E-state index is 0.0417. The maximum absolute atomic E-state index is 13.3. The summed E-state index contributed by atoms with van der Waals surface area (Å²) in [4.78, 5) is 27.7. The molecule has 0 aliphatic rings. The number of carbonyl (C=O) groups is 2. The Hall–Kier alpha value is -3.08. The van der Waals surface area contributed by atoms with Gasteiger partial charge >= 0.3 is 6.18 Å². The van der Waals surface area contributed by atoms with Gasteiger partial charge in [-0.3, -0.25) is 13.9 Å². The number of alkyl halides is 3. The van der Waals surface area contributed by atoms with Crippen molar-refractivity contribution in [3.05, 3.63) is 65.2 Å². The number of hydrogen-bond donors (Lipinski definition) is 1. The van der Waals surface area contributed by atoms with Crippen LogP contribution < -0.4 is 9.62 Å². The van der Waals surface area contributed by atoms with Gasteiger partial charge in [-0.2, -0.15) is 13.2 Å². The molecule has 2 amide bonds. The molecule has 0 radical (unpaired) electrons. The smallest absolute Gasteiger partial charge is 0.350 e. The van der Waals surface area contributed by atoms with E-state index in [1.54, 1.807) is 6.92 Å². The van der Waals surface area contributed by atoms with Gasteiger partial charge in [0.1, 0.15) is 6.04 Å². The molecule has 7 nitrogen and oxygen atoms in total. The van der Waals surface area contributed by atoms with E-state index in [0.717, 1.165) is 39.9 Å². The summed E-state index contributed by atoms with van der Waals surface area (Å²) >= 11 is 0. The first-order valence-corrected chi connectivity index (χ1v) is 14.1. The highest BCUT2D eigenvalue weighted by atomic mass is 32.2. The van der Waals surface area contributed by atoms with E-state index in [0.29, 0.717) is 0 Å². The molecule has 11 heteroatoms. The molecule has 0 spiro atoms. The number of hydrogen-bond acceptors (Lipinski definition) is 4. The van der Waals surface area contributed by atoms with E-state index in [1.165, 1.54) is 11.0 Å². The average molecular weight is 556 g/mol. The molecule has 0 aromatic heterocycles. The van der Waals surface area contributed by atoms with Crippen molar-refractivity contribution in [2.24, 2.45) is 0 Å². The van der Waals surface area contributed by atoms with Crippen LogP contribution in [-0.4, -0.2) is 49.5 Å². The van der Waals surface area contributed by atoms with E-state index in [1.807, 2.05) is 52.0 Å². The Morgan fingerprint density at radius 3 is 2.21 bits per heavy atom. The van der Waals surface area contributed by atoms with E-state index < -0.39 is 33.3 Å². The van der Waals surface area contributed by atoms with Gasteiger partial charge in [-0.05, 0) is 64.8 Å². The summed E-state index contributed by atoms with van der Waals surface area (Å²) in [6.45, 7) is 9.00. The quantitative estimate of drug-likeness (QED) is 0.452. The lowest BCUT2D eigenvalue weighted by Crippen LogP contribution is -2.52. The van der Waals surface area contributed by atoms with Crippen LogP contribution in [0.2, 0.25) is 0 Å². The Bertz CT molecular complexity index is 1240. The average Bonchev–Trinajstić information content (AvgIpc) is 2.77. The molecule has 0 fully saturated rings. The molecule has 0 unspecified atom stereocenters. The van der Waals surface area contributed by atoms with Crippen LogP contribution in [0.1, 0.15) is 57.2 Å². The molecule has 1 N–H and O–H groups in total. The largest absolute Gasteiger partial charge is 0.416 e. The van der Waals surface area contributed by atoms with Gasteiger partial charge in [-0.15, -0.1) is 0 Å². The standard InChI is InChI=1S/C27H36F3N3O4S/c1-19-10-7-11-21(16-19)18-32(20(2)25(35)31-26(3,4)5)24(34)14-9-15-33(38(6,36)37)23-13-8-12-22(17-23)27(28,29)30/h7-8,10-13,16-17,20H,9,14-15,18H2,1-6H3,(H,31,35)/t20-/m0/s1. The van der Waals surface area contributed by atoms with Crippen LogP contribution in [0.25, 0.3) is 0 Å². The topological polar surface area (TPSA) is 86.8 Å². The van der Waals surface area contributed by atoms with Gasteiger partial charge in [-0.1, -0.05) is 35.9 Å². The Labute approximate surface area is 223 Å². The van der Waals surface area contributed by atoms with Crippen LogP contribution in [0.15, 0.2) is 48.5 Å². The zero-order valence-electron chi connectivity index (χ0n) is 22.6. The molecule has 0 saturated heterocycles. The molecule has 2 rings (SSSR count). The lowest BCUT2D eigenvalue weighted by Gasteiger charge is -2.32. The van der Waals surface area contributed by atoms with Crippen molar-refractivity contribution in [2.45, 2.75) is 71.8 Å². The van der Waals surface area contributed by atoms with Crippen molar-refractivity contribution in [3.8, 4) is 0 Å². The van der Waals surface area contributed by atoms with Crippen molar-refractivity contribution < 1.29 is 31.2 Å². The van der Waals surface area contributed by atoms with Gasteiger partial charge in [0.25, 0.3) is 0 Å². The number of rotatable bonds is 10. The molecule has 2 aromatic carbocycles. The van der Waals surface area contributed by atoms with Crippen molar-refractivity contribution in [1.29, 1.82) is 0 Å². The second-order valence-corrected chi connectivity index (χ2v) is 12.3. The summed E-state index contributed by atoms with van der Waals surface area (Å²) in [6.07, 6.45) is -3.79. The molecule has 0 aliphatic carbocycles. The van der Waals surface area contributed by atoms with Crippen molar-refractivity contribution in [2.75, 3.05) is 17.1 Å². The van der Waals surface area contributed by atoms with Gasteiger partial charge in [-0.25, -0.2) is 8.42 Å². The third-order valence-corrected chi connectivity index (χ3v) is 6.91. The summed E-state index contributed by atoms with van der Waals surface area (Å²) in [5.41, 5.74) is 0.207. The van der Waals surface area contributed by atoms with E-state index >= 15 is 0 Å². The maximum Gasteiger partial charge on any atom is 0.416 e. The second-order valence-electron chi connectivity index (χ2n) is 10.4. The van der Waals surface area contributed by atoms with Crippen molar-refractivity contribution in [1.82, 2.24) is 10.2 Å². The van der Waals surface area contributed by atoms with E-state index in [4.69, 9.17) is 0 Å². The first-order valence-electron chi connectivity index (χ1n) is 12.2. The Balaban J connectivity index is 2.24. The number of sulfonamides is 1. The fraction of sp³-hybridized carbons (Fsp3) is 0.481. The number of aryl methyl sites for hydroxylation is 1. The predicted molar refractivity (Wildman–Crippen MR) is 142 cm³/mol. The summed E-state index contributed by atoms with van der Waals surface area (Å²) in [7, 11) is -3.92. The summed E-state index contributed by atoms with van der Waals surface area (Å²) < 4.78 is 65.2. The van der Waals surface area contributed by atoms with Crippen LogP contribution in [0.4, 0.5) is 18.9 Å². The van der Waals surface area contributed by atoms with Crippen LogP contribution in [0.5, 0.6) is 0 Å². The zero-order valence-corrected chi connectivity index (χ0v) is 23.4. The molecule has 0 bridgehead atoms. The first kappa shape index (κ1) is 31.1. The highest BCUT2D eigenvalue weighted by Gasteiger charge is 2.32. The minimum Gasteiger partial charge on any atom is -0.350 e. The Kier molecular flexibility index (Phi) is 9.99. The Morgan fingerprint density at radius 1 is 1.03 bits per heavy atom. The SMILES string of the molecule is Cc1cccc(CN(C(=O)CCCN(c2cccc(C(F)(F)F)c2)S(C)(=O)=O)[C@@H](C)C(=O)NC(C)(C)C)c1. The number of nitrogens with zero attached hydrogens (tertiary/aromatic N) is 2. The minimum atomic E-state index is -4.63. The van der Waals surface area contributed by atoms with Crippen LogP contribution in [0.3, 0.4) is 0 Å². The number of carbonyl (C=O) groups excluding carboxylic acids is 2. The first-order chi connectivity index (χ1) is 17.4. The highest BCUT2D eigenvalue weighted by Crippen LogP contribution is 2.32. The van der Waals surface area contributed by atoms with Gasteiger partial charge in [0.15, 0.2) is 0 Å². The molecular formula is C27H36F3N3O4S. The second kappa shape index (κ2) is 12.2. The summed E-state index contributed by atoms with van der Waals surface area (Å²) in [5.74, 6) is -0.708. The molecule has 0 aliphatic heterocycles. The lowest BCUT2D eigenvalue weighted by molar-refractivity contribution is -0.141. The monoisotopic (exact) mass is 555 g/mol. The molecule has 0 saturated carbocycles. The third kappa shape index (κ3) is 9.34. The van der Waals surface area contributed by atoms with Crippen molar-refractivity contribution in [3.63, 3.8) is 0 Å². The summed E-state index contributed by atoms with van der Waals surface area (Å²) in [6, 6.07) is 10.8.